The second-order valence-electron chi connectivity index (χ2n) is 6.41. The van der Waals surface area contributed by atoms with E-state index in [1.165, 1.54) is 0 Å². The average molecular weight is 350 g/mol. The van der Waals surface area contributed by atoms with Gasteiger partial charge in [0.25, 0.3) is 0 Å². The van der Waals surface area contributed by atoms with Gasteiger partial charge in [-0.3, -0.25) is 4.79 Å². The third kappa shape index (κ3) is 3.94. The van der Waals surface area contributed by atoms with Crippen molar-refractivity contribution in [1.82, 2.24) is 15.5 Å². The molecule has 1 aliphatic rings. The largest absolute Gasteiger partial charge is 0.421 e. The number of aryl methyl sites for hydroxylation is 1. The van der Waals surface area contributed by atoms with Crippen molar-refractivity contribution in [2.24, 2.45) is 5.92 Å². The molecule has 1 heterocycles. The highest BCUT2D eigenvalue weighted by molar-refractivity contribution is 6.30. The van der Waals surface area contributed by atoms with E-state index < -0.39 is 5.54 Å². The van der Waals surface area contributed by atoms with Crippen molar-refractivity contribution in [1.29, 1.82) is 0 Å². The highest BCUT2D eigenvalue weighted by Gasteiger charge is 2.42. The van der Waals surface area contributed by atoms with Crippen LogP contribution in [0.25, 0.3) is 11.5 Å². The van der Waals surface area contributed by atoms with Crippen LogP contribution in [-0.4, -0.2) is 33.4 Å². The first-order valence-corrected chi connectivity index (χ1v) is 8.38. The van der Waals surface area contributed by atoms with Gasteiger partial charge >= 0.3 is 0 Å². The Morgan fingerprint density at radius 2 is 2.08 bits per heavy atom. The molecular weight excluding hydrogens is 330 g/mol. The molecule has 0 saturated heterocycles. The van der Waals surface area contributed by atoms with Crippen molar-refractivity contribution < 1.29 is 14.3 Å². The molecule has 7 heteroatoms. The number of carbonyl (C=O) groups is 1. The lowest BCUT2D eigenvalue weighted by molar-refractivity contribution is -0.123. The molecule has 0 radical (unpaired) electrons. The summed E-state index contributed by atoms with van der Waals surface area (Å²) in [6.07, 6.45) is 2.69. The number of amides is 1. The van der Waals surface area contributed by atoms with Crippen molar-refractivity contribution in [2.75, 3.05) is 6.61 Å². The summed E-state index contributed by atoms with van der Waals surface area (Å²) in [6.45, 7) is 1.83. The van der Waals surface area contributed by atoms with E-state index in [1.807, 2.05) is 6.92 Å². The Morgan fingerprint density at radius 3 is 2.71 bits per heavy atom. The van der Waals surface area contributed by atoms with Gasteiger partial charge in [0, 0.05) is 23.4 Å². The van der Waals surface area contributed by atoms with E-state index in [0.717, 1.165) is 18.4 Å². The standard InChI is InChI=1S/C17H20ClN3O3/c1-17(10-22,12-4-5-12)19-14(23)8-9-15-20-21-16(24-15)11-2-6-13(18)7-3-11/h2-3,6-7,12,22H,4-5,8-10H2,1H3,(H,19,23). The molecular formula is C17H20ClN3O3. The lowest BCUT2D eigenvalue weighted by Gasteiger charge is -2.28. The zero-order valence-corrected chi connectivity index (χ0v) is 14.2. The third-order valence-electron chi connectivity index (χ3n) is 4.36. The molecule has 3 rings (SSSR count). The molecule has 1 aromatic heterocycles. The molecule has 0 bridgehead atoms. The van der Waals surface area contributed by atoms with Gasteiger partial charge in [-0.25, -0.2) is 0 Å². The van der Waals surface area contributed by atoms with Crippen molar-refractivity contribution >= 4 is 17.5 Å². The summed E-state index contributed by atoms with van der Waals surface area (Å²) in [5.74, 6) is 1.06. The Morgan fingerprint density at radius 1 is 1.38 bits per heavy atom. The Hall–Kier alpha value is -1.92. The second-order valence-corrected chi connectivity index (χ2v) is 6.84. The maximum Gasteiger partial charge on any atom is 0.247 e. The molecule has 1 fully saturated rings. The number of hydrogen-bond donors (Lipinski definition) is 2. The van der Waals surface area contributed by atoms with Crippen molar-refractivity contribution in [2.45, 2.75) is 38.1 Å². The quantitative estimate of drug-likeness (QED) is 0.802. The SMILES string of the molecule is CC(CO)(NC(=O)CCc1nnc(-c2ccc(Cl)cc2)o1)C1CC1. The monoisotopic (exact) mass is 349 g/mol. The van der Waals surface area contributed by atoms with Gasteiger partial charge in [0.1, 0.15) is 0 Å². The number of halogens is 1. The number of aliphatic hydroxyl groups excluding tert-OH is 1. The van der Waals surface area contributed by atoms with Gasteiger partial charge in [-0.1, -0.05) is 11.6 Å². The van der Waals surface area contributed by atoms with Crippen LogP contribution in [0.4, 0.5) is 0 Å². The van der Waals surface area contributed by atoms with E-state index in [2.05, 4.69) is 15.5 Å². The predicted molar refractivity (Wildman–Crippen MR) is 89.4 cm³/mol. The fourth-order valence-corrected chi connectivity index (χ4v) is 2.78. The third-order valence-corrected chi connectivity index (χ3v) is 4.61. The van der Waals surface area contributed by atoms with E-state index in [1.54, 1.807) is 24.3 Å². The lowest BCUT2D eigenvalue weighted by Crippen LogP contribution is -2.50. The number of aliphatic hydroxyl groups is 1. The van der Waals surface area contributed by atoms with Crippen molar-refractivity contribution in [3.8, 4) is 11.5 Å². The lowest BCUT2D eigenvalue weighted by atomic mass is 9.96. The van der Waals surface area contributed by atoms with Crippen LogP contribution in [0.3, 0.4) is 0 Å². The minimum Gasteiger partial charge on any atom is -0.421 e. The van der Waals surface area contributed by atoms with Crippen LogP contribution >= 0.6 is 11.6 Å². The van der Waals surface area contributed by atoms with Gasteiger partial charge < -0.3 is 14.8 Å². The van der Waals surface area contributed by atoms with E-state index in [-0.39, 0.29) is 18.9 Å². The predicted octanol–water partition coefficient (Wildman–Crippen LogP) is 2.60. The Balaban J connectivity index is 1.55. The zero-order chi connectivity index (χ0) is 17.2. The van der Waals surface area contributed by atoms with Crippen LogP contribution in [0.15, 0.2) is 28.7 Å². The van der Waals surface area contributed by atoms with Crippen LogP contribution < -0.4 is 5.32 Å². The highest BCUT2D eigenvalue weighted by Crippen LogP contribution is 2.39. The number of benzene rings is 1. The number of hydrogen-bond acceptors (Lipinski definition) is 5. The molecule has 0 aliphatic heterocycles. The van der Waals surface area contributed by atoms with E-state index >= 15 is 0 Å². The maximum absolute atomic E-state index is 12.1. The molecule has 24 heavy (non-hydrogen) atoms. The van der Waals surface area contributed by atoms with Crippen LogP contribution in [0.1, 0.15) is 32.1 Å². The highest BCUT2D eigenvalue weighted by atomic mass is 35.5. The number of nitrogens with zero attached hydrogens (tertiary/aromatic N) is 2. The molecule has 1 amide bonds. The summed E-state index contributed by atoms with van der Waals surface area (Å²) >= 11 is 5.85. The fourth-order valence-electron chi connectivity index (χ4n) is 2.66. The van der Waals surface area contributed by atoms with Gasteiger partial charge in [0.2, 0.25) is 17.7 Å². The number of aromatic nitrogens is 2. The molecule has 2 aromatic rings. The summed E-state index contributed by atoms with van der Waals surface area (Å²) in [7, 11) is 0. The van der Waals surface area contributed by atoms with Crippen LogP contribution in [-0.2, 0) is 11.2 Å². The van der Waals surface area contributed by atoms with Crippen LogP contribution in [0.2, 0.25) is 5.02 Å². The summed E-state index contributed by atoms with van der Waals surface area (Å²) in [5.41, 5.74) is 0.254. The Bertz CT molecular complexity index is 712. The molecule has 1 saturated carbocycles. The van der Waals surface area contributed by atoms with Crippen molar-refractivity contribution in [3.05, 3.63) is 35.2 Å². The van der Waals surface area contributed by atoms with Gasteiger partial charge in [0.05, 0.1) is 12.1 Å². The molecule has 2 N–H and O–H groups in total. The van der Waals surface area contributed by atoms with E-state index in [9.17, 15) is 9.90 Å². The van der Waals surface area contributed by atoms with Crippen LogP contribution in [0.5, 0.6) is 0 Å². The number of nitrogens with one attached hydrogen (secondary N) is 1. The van der Waals surface area contributed by atoms with Gasteiger partial charge in [0.15, 0.2) is 0 Å². The van der Waals surface area contributed by atoms with Gasteiger partial charge in [-0.15, -0.1) is 10.2 Å². The minimum atomic E-state index is -0.527. The number of carbonyl (C=O) groups excluding carboxylic acids is 1. The summed E-state index contributed by atoms with van der Waals surface area (Å²) in [4.78, 5) is 12.1. The smallest absolute Gasteiger partial charge is 0.247 e. The number of rotatable bonds is 7. The topological polar surface area (TPSA) is 88.2 Å². The Labute approximate surface area is 145 Å². The molecule has 1 aliphatic carbocycles. The first-order valence-electron chi connectivity index (χ1n) is 8.00. The molecule has 1 unspecified atom stereocenters. The molecule has 6 nitrogen and oxygen atoms in total. The van der Waals surface area contributed by atoms with Gasteiger partial charge in [-0.05, 0) is 49.9 Å². The second kappa shape index (κ2) is 6.91. The first kappa shape index (κ1) is 16.9. The van der Waals surface area contributed by atoms with Crippen molar-refractivity contribution in [3.63, 3.8) is 0 Å². The van der Waals surface area contributed by atoms with Gasteiger partial charge in [-0.2, -0.15) is 0 Å². The molecule has 0 spiro atoms. The fraction of sp³-hybridized carbons (Fsp3) is 0.471. The van der Waals surface area contributed by atoms with Crippen LogP contribution in [0, 0.1) is 5.92 Å². The molecule has 128 valence electrons. The zero-order valence-electron chi connectivity index (χ0n) is 13.5. The minimum absolute atomic E-state index is 0.0509. The molecule has 1 atom stereocenters. The van der Waals surface area contributed by atoms with E-state index in [0.29, 0.717) is 29.1 Å². The summed E-state index contributed by atoms with van der Waals surface area (Å²) < 4.78 is 5.58. The maximum atomic E-state index is 12.1. The summed E-state index contributed by atoms with van der Waals surface area (Å²) in [6, 6.07) is 7.10. The van der Waals surface area contributed by atoms with E-state index in [4.69, 9.17) is 16.0 Å². The average Bonchev–Trinajstić information content (AvgIpc) is 3.33. The Kier molecular flexibility index (Phi) is 4.87. The normalized spacial score (nSPS) is 16.6. The summed E-state index contributed by atoms with van der Waals surface area (Å²) in [5, 5.41) is 21.0. The molecule has 1 aromatic carbocycles. The first-order chi connectivity index (χ1) is 11.5.